The fraction of sp³-hybridized carbons (Fsp3) is 0.0435. The molecule has 0 aromatic heterocycles. The summed E-state index contributed by atoms with van der Waals surface area (Å²) in [6.07, 6.45) is 1.29. The number of hydrogen-bond donors (Lipinski definition) is 2. The van der Waals surface area contributed by atoms with Gasteiger partial charge in [-0.25, -0.2) is 14.6 Å². The Kier molecular flexibility index (Phi) is 7.26. The first-order valence-electron chi connectivity index (χ1n) is 9.31. The predicted molar refractivity (Wildman–Crippen MR) is 115 cm³/mol. The van der Waals surface area contributed by atoms with Crippen molar-refractivity contribution in [1.29, 1.82) is 0 Å². The molecule has 32 heavy (non-hydrogen) atoms. The summed E-state index contributed by atoms with van der Waals surface area (Å²) in [7, 11) is 1.50. The molecular weight excluding hydrogens is 417 g/mol. The lowest BCUT2D eigenvalue weighted by Gasteiger charge is -2.06. The lowest BCUT2D eigenvalue weighted by molar-refractivity contribution is -0.136. The molecule has 0 spiro atoms. The third-order valence-electron chi connectivity index (χ3n) is 4.10. The van der Waals surface area contributed by atoms with E-state index in [4.69, 9.17) is 9.47 Å². The Morgan fingerprint density at radius 2 is 1.66 bits per heavy atom. The van der Waals surface area contributed by atoms with Crippen molar-refractivity contribution in [1.82, 2.24) is 5.43 Å². The largest absolute Gasteiger partial charge is 0.497 e. The molecule has 0 aliphatic carbocycles. The number of carbonyl (C=O) groups excluding carboxylic acids is 3. The van der Waals surface area contributed by atoms with Crippen molar-refractivity contribution in [3.63, 3.8) is 0 Å². The summed E-state index contributed by atoms with van der Waals surface area (Å²) in [6.45, 7) is 0. The molecule has 0 aliphatic heterocycles. The summed E-state index contributed by atoms with van der Waals surface area (Å²) < 4.78 is 23.9. The van der Waals surface area contributed by atoms with Crippen LogP contribution in [0.3, 0.4) is 0 Å². The minimum atomic E-state index is -1.06. The third-order valence-corrected chi connectivity index (χ3v) is 4.10. The maximum Gasteiger partial charge on any atom is 0.343 e. The van der Waals surface area contributed by atoms with Gasteiger partial charge in [-0.15, -0.1) is 0 Å². The SMILES string of the molecule is COc1cccc(C(=O)Oc2ccc(/C=N/NC(=O)C(=O)Nc3ccccc3F)cc2)c1. The number of benzene rings is 3. The van der Waals surface area contributed by atoms with Crippen molar-refractivity contribution in [2.24, 2.45) is 5.10 Å². The van der Waals surface area contributed by atoms with Gasteiger partial charge in [0.25, 0.3) is 0 Å². The van der Waals surface area contributed by atoms with Crippen LogP contribution in [0, 0.1) is 5.82 Å². The number of ether oxygens (including phenoxy) is 2. The van der Waals surface area contributed by atoms with Gasteiger partial charge in [0.2, 0.25) is 0 Å². The number of nitrogens with one attached hydrogen (secondary N) is 2. The summed E-state index contributed by atoms with van der Waals surface area (Å²) in [6, 6.07) is 18.3. The van der Waals surface area contributed by atoms with E-state index in [1.54, 1.807) is 48.5 Å². The van der Waals surface area contributed by atoms with Crippen molar-refractivity contribution in [3.8, 4) is 11.5 Å². The van der Waals surface area contributed by atoms with Gasteiger partial charge in [-0.3, -0.25) is 9.59 Å². The molecule has 0 radical (unpaired) electrons. The Labute approximate surface area is 182 Å². The van der Waals surface area contributed by atoms with E-state index in [2.05, 4.69) is 10.4 Å². The quantitative estimate of drug-likeness (QED) is 0.203. The number of carbonyl (C=O) groups is 3. The average Bonchev–Trinajstić information content (AvgIpc) is 2.81. The van der Waals surface area contributed by atoms with E-state index in [1.807, 2.05) is 5.43 Å². The molecular formula is C23H18FN3O5. The molecule has 0 atom stereocenters. The second-order valence-corrected chi connectivity index (χ2v) is 6.32. The second kappa shape index (κ2) is 10.5. The van der Waals surface area contributed by atoms with Crippen molar-refractivity contribution >= 4 is 29.7 Å². The highest BCUT2D eigenvalue weighted by Crippen LogP contribution is 2.17. The van der Waals surface area contributed by atoms with Crippen molar-refractivity contribution in [2.45, 2.75) is 0 Å². The van der Waals surface area contributed by atoms with Crippen molar-refractivity contribution in [2.75, 3.05) is 12.4 Å². The number of anilines is 1. The summed E-state index contributed by atoms with van der Waals surface area (Å²) in [5.74, 6) is -2.48. The van der Waals surface area contributed by atoms with Crippen LogP contribution >= 0.6 is 0 Å². The third kappa shape index (κ3) is 5.99. The number of rotatable bonds is 6. The smallest absolute Gasteiger partial charge is 0.343 e. The number of esters is 1. The number of nitrogens with zero attached hydrogens (tertiary/aromatic N) is 1. The number of halogens is 1. The van der Waals surface area contributed by atoms with Crippen LogP contribution in [0.2, 0.25) is 0 Å². The normalized spacial score (nSPS) is 10.4. The van der Waals surface area contributed by atoms with Crippen LogP contribution in [-0.2, 0) is 9.59 Å². The Bertz CT molecular complexity index is 1160. The van der Waals surface area contributed by atoms with E-state index in [9.17, 15) is 18.8 Å². The standard InChI is InChI=1S/C23H18FN3O5/c1-31-18-6-4-5-16(13-18)23(30)32-17-11-9-15(10-12-17)14-25-27-22(29)21(28)26-20-8-3-2-7-19(20)24/h2-14H,1H3,(H,26,28)(H,27,29)/b25-14+. The summed E-state index contributed by atoms with van der Waals surface area (Å²) in [4.78, 5) is 35.8. The van der Waals surface area contributed by atoms with Gasteiger partial charge in [0.15, 0.2) is 0 Å². The lowest BCUT2D eigenvalue weighted by Crippen LogP contribution is -2.32. The Hall–Kier alpha value is -4.53. The maximum atomic E-state index is 13.5. The Morgan fingerprint density at radius 3 is 2.38 bits per heavy atom. The lowest BCUT2D eigenvalue weighted by atomic mass is 10.2. The molecule has 162 valence electrons. The highest BCUT2D eigenvalue weighted by molar-refractivity contribution is 6.39. The van der Waals surface area contributed by atoms with Crippen LogP contribution in [0.15, 0.2) is 77.9 Å². The predicted octanol–water partition coefficient (Wildman–Crippen LogP) is 3.14. The van der Waals surface area contributed by atoms with Crippen LogP contribution in [0.25, 0.3) is 0 Å². The van der Waals surface area contributed by atoms with Gasteiger partial charge < -0.3 is 14.8 Å². The molecule has 0 bridgehead atoms. The van der Waals surface area contributed by atoms with E-state index < -0.39 is 23.6 Å². The number of para-hydroxylation sites is 1. The van der Waals surface area contributed by atoms with Crippen LogP contribution < -0.4 is 20.2 Å². The summed E-state index contributed by atoms with van der Waals surface area (Å²) >= 11 is 0. The molecule has 0 saturated heterocycles. The fourth-order valence-corrected chi connectivity index (χ4v) is 2.50. The van der Waals surface area contributed by atoms with E-state index in [0.29, 0.717) is 22.6 Å². The van der Waals surface area contributed by atoms with Gasteiger partial charge in [0.05, 0.1) is 24.6 Å². The van der Waals surface area contributed by atoms with E-state index in [0.717, 1.165) is 6.07 Å². The van der Waals surface area contributed by atoms with E-state index >= 15 is 0 Å². The molecule has 9 heteroatoms. The molecule has 0 aliphatic rings. The number of amides is 2. The van der Waals surface area contributed by atoms with Gasteiger partial charge >= 0.3 is 17.8 Å². The van der Waals surface area contributed by atoms with Gasteiger partial charge in [0, 0.05) is 0 Å². The Morgan fingerprint density at radius 1 is 0.906 bits per heavy atom. The summed E-state index contributed by atoms with van der Waals surface area (Å²) in [5.41, 5.74) is 2.84. The zero-order chi connectivity index (χ0) is 22.9. The minimum absolute atomic E-state index is 0.115. The van der Waals surface area contributed by atoms with Crippen LogP contribution in [-0.4, -0.2) is 31.1 Å². The van der Waals surface area contributed by atoms with Crippen molar-refractivity contribution in [3.05, 3.63) is 89.7 Å². The van der Waals surface area contributed by atoms with Gasteiger partial charge in [-0.1, -0.05) is 18.2 Å². The molecule has 3 aromatic rings. The molecule has 0 heterocycles. The number of methoxy groups -OCH3 is 1. The zero-order valence-corrected chi connectivity index (χ0v) is 16.9. The Balaban J connectivity index is 1.52. The molecule has 2 amide bonds. The topological polar surface area (TPSA) is 106 Å². The molecule has 3 rings (SSSR count). The number of hydrazone groups is 1. The molecule has 0 fully saturated rings. The molecule has 8 nitrogen and oxygen atoms in total. The minimum Gasteiger partial charge on any atom is -0.497 e. The van der Waals surface area contributed by atoms with Gasteiger partial charge in [0.1, 0.15) is 17.3 Å². The molecule has 0 saturated carbocycles. The van der Waals surface area contributed by atoms with E-state index in [-0.39, 0.29) is 5.69 Å². The van der Waals surface area contributed by atoms with Gasteiger partial charge in [-0.05, 0) is 60.2 Å². The highest BCUT2D eigenvalue weighted by Gasteiger charge is 2.14. The molecule has 3 aromatic carbocycles. The van der Waals surface area contributed by atoms with Crippen LogP contribution in [0.5, 0.6) is 11.5 Å². The van der Waals surface area contributed by atoms with Crippen molar-refractivity contribution < 1.29 is 28.2 Å². The van der Waals surface area contributed by atoms with Crippen LogP contribution in [0.4, 0.5) is 10.1 Å². The van der Waals surface area contributed by atoms with Gasteiger partial charge in [-0.2, -0.15) is 5.10 Å². The molecule has 2 N–H and O–H groups in total. The monoisotopic (exact) mass is 435 g/mol. The highest BCUT2D eigenvalue weighted by atomic mass is 19.1. The first kappa shape index (κ1) is 22.2. The number of hydrogen-bond acceptors (Lipinski definition) is 6. The van der Waals surface area contributed by atoms with Crippen LogP contribution in [0.1, 0.15) is 15.9 Å². The maximum absolute atomic E-state index is 13.5. The summed E-state index contributed by atoms with van der Waals surface area (Å²) in [5, 5.41) is 5.83. The first-order chi connectivity index (χ1) is 15.5. The average molecular weight is 435 g/mol. The first-order valence-corrected chi connectivity index (χ1v) is 9.31. The zero-order valence-electron chi connectivity index (χ0n) is 16.9. The van der Waals surface area contributed by atoms with E-state index in [1.165, 1.54) is 31.5 Å². The fourth-order valence-electron chi connectivity index (χ4n) is 2.50. The second-order valence-electron chi connectivity index (χ2n) is 6.32. The molecule has 0 unspecified atom stereocenters.